The number of carbonyl (C=O) groups excluding carboxylic acids is 2. The van der Waals surface area contributed by atoms with E-state index in [1.165, 1.54) is 0 Å². The van der Waals surface area contributed by atoms with Gasteiger partial charge in [0.15, 0.2) is 0 Å². The van der Waals surface area contributed by atoms with Crippen LogP contribution >= 0.6 is 0 Å². The van der Waals surface area contributed by atoms with Gasteiger partial charge in [0.05, 0.1) is 29.6 Å². The van der Waals surface area contributed by atoms with E-state index in [1.54, 1.807) is 12.1 Å². The average molecular weight is 435 g/mol. The lowest BCUT2D eigenvalue weighted by Gasteiger charge is -2.33. The molecule has 1 aromatic carbocycles. The van der Waals surface area contributed by atoms with Crippen molar-refractivity contribution in [2.45, 2.75) is 85.7 Å². The van der Waals surface area contributed by atoms with Gasteiger partial charge in [0.25, 0.3) is 0 Å². The van der Waals surface area contributed by atoms with Crippen molar-refractivity contribution >= 4 is 11.9 Å². The van der Waals surface area contributed by atoms with Crippen LogP contribution in [0.15, 0.2) is 30.3 Å². The first kappa shape index (κ1) is 27.2. The molecule has 0 aliphatic rings. The summed E-state index contributed by atoms with van der Waals surface area (Å²) in [5.41, 5.74) is -0.0547. The van der Waals surface area contributed by atoms with Crippen LogP contribution in [-0.4, -0.2) is 37.9 Å². The van der Waals surface area contributed by atoms with Crippen LogP contribution in [0.1, 0.15) is 89.9 Å². The van der Waals surface area contributed by atoms with Gasteiger partial charge in [-0.15, -0.1) is 0 Å². The Morgan fingerprint density at radius 3 is 2.16 bits per heavy atom. The van der Waals surface area contributed by atoms with Crippen molar-refractivity contribution in [3.63, 3.8) is 0 Å². The molecule has 176 valence electrons. The van der Waals surface area contributed by atoms with Crippen molar-refractivity contribution in [3.05, 3.63) is 35.9 Å². The molecule has 0 heterocycles. The Balaban J connectivity index is 2.84. The van der Waals surface area contributed by atoms with Gasteiger partial charge < -0.3 is 14.2 Å². The van der Waals surface area contributed by atoms with Crippen molar-refractivity contribution in [2.24, 2.45) is 11.3 Å². The summed E-state index contributed by atoms with van der Waals surface area (Å²) < 4.78 is 17.5. The molecule has 1 aromatic rings. The molecule has 1 rings (SSSR count). The predicted octanol–water partition coefficient (Wildman–Crippen LogP) is 6.20. The van der Waals surface area contributed by atoms with Crippen molar-refractivity contribution in [1.29, 1.82) is 0 Å². The highest BCUT2D eigenvalue weighted by atomic mass is 16.6. The molecule has 0 aliphatic heterocycles. The Morgan fingerprint density at radius 1 is 0.903 bits per heavy atom. The summed E-state index contributed by atoms with van der Waals surface area (Å²) in [5, 5.41) is 0. The fraction of sp³-hybridized carbons (Fsp3) is 0.692. The highest BCUT2D eigenvalue weighted by Crippen LogP contribution is 2.27. The summed E-state index contributed by atoms with van der Waals surface area (Å²) in [7, 11) is 0. The molecule has 31 heavy (non-hydrogen) atoms. The number of hydrogen-bond acceptors (Lipinski definition) is 5. The zero-order valence-electron chi connectivity index (χ0n) is 20.2. The van der Waals surface area contributed by atoms with E-state index in [1.807, 2.05) is 39.0 Å². The van der Waals surface area contributed by atoms with Gasteiger partial charge in [0.2, 0.25) is 0 Å². The number of rotatable bonds is 16. The quantitative estimate of drug-likeness (QED) is 0.290. The minimum atomic E-state index is -0.564. The van der Waals surface area contributed by atoms with Crippen LogP contribution in [0.5, 0.6) is 0 Å². The zero-order valence-corrected chi connectivity index (χ0v) is 20.2. The van der Waals surface area contributed by atoms with Crippen LogP contribution in [-0.2, 0) is 19.0 Å². The van der Waals surface area contributed by atoms with Gasteiger partial charge in [-0.05, 0) is 44.7 Å². The lowest BCUT2D eigenvalue weighted by molar-refractivity contribution is -0.157. The maximum Gasteiger partial charge on any atom is 0.338 e. The summed E-state index contributed by atoms with van der Waals surface area (Å²) >= 11 is 0. The Labute approximate surface area is 188 Å². The Morgan fingerprint density at radius 2 is 1.58 bits per heavy atom. The molecule has 0 amide bonds. The van der Waals surface area contributed by atoms with E-state index >= 15 is 0 Å². The first-order valence-corrected chi connectivity index (χ1v) is 11.9. The van der Waals surface area contributed by atoms with E-state index < -0.39 is 5.41 Å². The third-order valence-electron chi connectivity index (χ3n) is 5.89. The largest absolute Gasteiger partial charge is 0.465 e. The molecule has 0 N–H and O–H groups in total. The number of carbonyl (C=O) groups is 2. The SMILES string of the molecule is CCCCC(CC)C(=O)OCC(CC)(COC(=O)c1ccccc1)COC(C)CCC. The summed E-state index contributed by atoms with van der Waals surface area (Å²) in [6.45, 7) is 11.0. The first-order valence-electron chi connectivity index (χ1n) is 11.9. The van der Waals surface area contributed by atoms with Gasteiger partial charge in [0, 0.05) is 0 Å². The van der Waals surface area contributed by atoms with Gasteiger partial charge >= 0.3 is 11.9 Å². The highest BCUT2D eigenvalue weighted by molar-refractivity contribution is 5.89. The lowest BCUT2D eigenvalue weighted by Crippen LogP contribution is -2.40. The average Bonchev–Trinajstić information content (AvgIpc) is 2.80. The number of hydrogen-bond donors (Lipinski definition) is 0. The third-order valence-corrected chi connectivity index (χ3v) is 5.89. The van der Waals surface area contributed by atoms with Crippen LogP contribution in [0.3, 0.4) is 0 Å². The normalized spacial score (nSPS) is 15.0. The second-order valence-corrected chi connectivity index (χ2v) is 8.56. The lowest BCUT2D eigenvalue weighted by atomic mass is 9.87. The van der Waals surface area contributed by atoms with E-state index in [2.05, 4.69) is 13.8 Å². The van der Waals surface area contributed by atoms with E-state index in [9.17, 15) is 9.59 Å². The summed E-state index contributed by atoms with van der Waals surface area (Å²) in [4.78, 5) is 25.2. The molecule has 0 fully saturated rings. The smallest absolute Gasteiger partial charge is 0.338 e. The predicted molar refractivity (Wildman–Crippen MR) is 124 cm³/mol. The fourth-order valence-corrected chi connectivity index (χ4v) is 3.40. The minimum absolute atomic E-state index is 0.0821. The standard InChI is InChI=1S/C26H42O5/c1-6-10-15-22(8-3)24(27)30-19-26(9-4,18-29-21(5)14-7-2)20-31-25(28)23-16-12-11-13-17-23/h11-13,16-17,21-22H,6-10,14-15,18-20H2,1-5H3. The van der Waals surface area contributed by atoms with Gasteiger partial charge in [-0.2, -0.15) is 0 Å². The third kappa shape index (κ3) is 9.86. The van der Waals surface area contributed by atoms with Crippen molar-refractivity contribution in [1.82, 2.24) is 0 Å². The molecule has 5 nitrogen and oxygen atoms in total. The molecule has 5 heteroatoms. The van der Waals surface area contributed by atoms with E-state index in [4.69, 9.17) is 14.2 Å². The van der Waals surface area contributed by atoms with Crippen molar-refractivity contribution < 1.29 is 23.8 Å². The fourth-order valence-electron chi connectivity index (χ4n) is 3.40. The van der Waals surface area contributed by atoms with Gasteiger partial charge in [-0.1, -0.05) is 65.2 Å². The minimum Gasteiger partial charge on any atom is -0.465 e. The molecule has 3 atom stereocenters. The number of ether oxygens (including phenoxy) is 3. The highest BCUT2D eigenvalue weighted by Gasteiger charge is 2.34. The monoisotopic (exact) mass is 434 g/mol. The number of esters is 2. The van der Waals surface area contributed by atoms with Crippen molar-refractivity contribution in [3.8, 4) is 0 Å². The van der Waals surface area contributed by atoms with E-state index in [0.29, 0.717) is 18.6 Å². The summed E-state index contributed by atoms with van der Waals surface area (Å²) in [6, 6.07) is 8.94. The molecule has 0 aromatic heterocycles. The van der Waals surface area contributed by atoms with Crippen LogP contribution in [0, 0.1) is 11.3 Å². The molecule has 0 saturated carbocycles. The molecule has 0 spiro atoms. The molecule has 3 unspecified atom stereocenters. The topological polar surface area (TPSA) is 61.8 Å². The second-order valence-electron chi connectivity index (χ2n) is 8.56. The molecule has 0 aliphatic carbocycles. The summed E-state index contributed by atoms with van der Waals surface area (Å²) in [5.74, 6) is -0.619. The van der Waals surface area contributed by atoms with Crippen LogP contribution in [0.4, 0.5) is 0 Å². The van der Waals surface area contributed by atoms with Crippen LogP contribution in [0.2, 0.25) is 0 Å². The van der Waals surface area contributed by atoms with Crippen molar-refractivity contribution in [2.75, 3.05) is 19.8 Å². The molecule has 0 radical (unpaired) electrons. The van der Waals surface area contributed by atoms with Gasteiger partial charge in [0.1, 0.15) is 13.2 Å². The zero-order chi connectivity index (χ0) is 23.1. The molecule has 0 saturated heterocycles. The van der Waals surface area contributed by atoms with Crippen LogP contribution < -0.4 is 0 Å². The number of benzene rings is 1. The first-order chi connectivity index (χ1) is 14.9. The number of unbranched alkanes of at least 4 members (excludes halogenated alkanes) is 1. The maximum atomic E-state index is 12.7. The van der Waals surface area contributed by atoms with Crippen LogP contribution in [0.25, 0.3) is 0 Å². The Kier molecular flexibility index (Phi) is 13.1. The molecular formula is C26H42O5. The second kappa shape index (κ2) is 15.0. The van der Waals surface area contributed by atoms with E-state index in [-0.39, 0.29) is 37.2 Å². The molecule has 0 bridgehead atoms. The maximum absolute atomic E-state index is 12.7. The Bertz CT molecular complexity index is 630. The van der Waals surface area contributed by atoms with Gasteiger partial charge in [-0.3, -0.25) is 4.79 Å². The summed E-state index contributed by atoms with van der Waals surface area (Å²) in [6.07, 6.45) is 6.45. The van der Waals surface area contributed by atoms with E-state index in [0.717, 1.165) is 38.5 Å². The van der Waals surface area contributed by atoms with Gasteiger partial charge in [-0.25, -0.2) is 4.79 Å². The molecular weight excluding hydrogens is 392 g/mol. The Hall–Kier alpha value is -1.88.